The highest BCUT2D eigenvalue weighted by Crippen LogP contribution is 2.24. The summed E-state index contributed by atoms with van der Waals surface area (Å²) < 4.78 is 5.60. The first-order valence-electron chi connectivity index (χ1n) is 7.16. The molecule has 0 unspecified atom stereocenters. The third-order valence-corrected chi connectivity index (χ3v) is 4.52. The minimum Gasteiger partial charge on any atom is -0.431 e. The number of hydrogen-bond donors (Lipinski definition) is 1. The van der Waals surface area contributed by atoms with E-state index in [2.05, 4.69) is 10.3 Å². The summed E-state index contributed by atoms with van der Waals surface area (Å²) in [6, 6.07) is 13.1. The Labute approximate surface area is 143 Å². The summed E-state index contributed by atoms with van der Waals surface area (Å²) in [5, 5.41) is 4.06. The van der Waals surface area contributed by atoms with Crippen molar-refractivity contribution in [3.8, 4) is 0 Å². The predicted molar refractivity (Wildman–Crippen MR) is 94.2 cm³/mol. The van der Waals surface area contributed by atoms with Crippen molar-refractivity contribution in [2.75, 3.05) is 11.1 Å². The molecule has 0 aliphatic rings. The minimum absolute atomic E-state index is 0.0615. The number of benzene rings is 2. The number of thioether (sulfide) groups is 1. The lowest BCUT2D eigenvalue weighted by Gasteiger charge is -2.06. The number of hydrogen-bond acceptors (Lipinski definition) is 4. The highest BCUT2D eigenvalue weighted by Gasteiger charge is 2.08. The Kier molecular flexibility index (Phi) is 4.88. The van der Waals surface area contributed by atoms with Gasteiger partial charge in [0.2, 0.25) is 5.91 Å². The van der Waals surface area contributed by atoms with Gasteiger partial charge >= 0.3 is 0 Å². The molecule has 4 nitrogen and oxygen atoms in total. The average molecular weight is 347 g/mol. The fraction of sp³-hybridized carbons (Fsp3) is 0.176. The van der Waals surface area contributed by atoms with Gasteiger partial charge in [-0.25, -0.2) is 4.98 Å². The van der Waals surface area contributed by atoms with E-state index in [-0.39, 0.29) is 5.91 Å². The smallest absolute Gasteiger partial charge is 0.256 e. The third kappa shape index (κ3) is 4.06. The zero-order valence-electron chi connectivity index (χ0n) is 12.5. The summed E-state index contributed by atoms with van der Waals surface area (Å²) in [7, 11) is 0. The number of rotatable bonds is 5. The zero-order chi connectivity index (χ0) is 16.2. The van der Waals surface area contributed by atoms with Crippen molar-refractivity contribution in [3.63, 3.8) is 0 Å². The molecule has 2 aromatic carbocycles. The number of nitrogens with zero attached hydrogens (tertiary/aromatic N) is 1. The molecule has 118 valence electrons. The number of aryl methyl sites for hydroxylation is 1. The van der Waals surface area contributed by atoms with E-state index in [1.807, 2.05) is 43.3 Å². The van der Waals surface area contributed by atoms with Crippen LogP contribution in [0.3, 0.4) is 0 Å². The maximum absolute atomic E-state index is 12.0. The van der Waals surface area contributed by atoms with Gasteiger partial charge in [-0.05, 0) is 36.8 Å². The summed E-state index contributed by atoms with van der Waals surface area (Å²) in [5.41, 5.74) is 3.27. The van der Waals surface area contributed by atoms with Gasteiger partial charge in [0.05, 0.1) is 0 Å². The number of carbonyl (C=O) groups is 1. The van der Waals surface area contributed by atoms with E-state index in [1.165, 1.54) is 11.8 Å². The predicted octanol–water partition coefficient (Wildman–Crippen LogP) is 4.91. The number of fused-ring (bicyclic) bond motifs is 1. The van der Waals surface area contributed by atoms with Gasteiger partial charge in [-0.3, -0.25) is 4.79 Å². The van der Waals surface area contributed by atoms with Crippen LogP contribution in [0.5, 0.6) is 0 Å². The number of carbonyl (C=O) groups excluding carboxylic acids is 1. The number of para-hydroxylation sites is 2. The first-order chi connectivity index (χ1) is 11.1. The minimum atomic E-state index is -0.0615. The van der Waals surface area contributed by atoms with Crippen LogP contribution in [0.4, 0.5) is 5.69 Å². The Morgan fingerprint density at radius 1 is 1.30 bits per heavy atom. The van der Waals surface area contributed by atoms with E-state index in [0.717, 1.165) is 16.7 Å². The molecule has 0 bridgehead atoms. The number of anilines is 1. The second-order valence-electron chi connectivity index (χ2n) is 5.06. The largest absolute Gasteiger partial charge is 0.431 e. The Morgan fingerprint density at radius 3 is 2.91 bits per heavy atom. The quantitative estimate of drug-likeness (QED) is 0.667. The van der Waals surface area contributed by atoms with Gasteiger partial charge in [0.25, 0.3) is 5.22 Å². The number of nitrogens with one attached hydrogen (secondary N) is 1. The van der Waals surface area contributed by atoms with Gasteiger partial charge in [0.1, 0.15) is 5.52 Å². The second-order valence-corrected chi connectivity index (χ2v) is 6.51. The molecule has 0 aliphatic heterocycles. The molecular formula is C17H15ClN2O2S. The number of oxazole rings is 1. The summed E-state index contributed by atoms with van der Waals surface area (Å²) in [6.07, 6.45) is 0.370. The fourth-order valence-electron chi connectivity index (χ4n) is 2.04. The molecule has 1 amide bonds. The van der Waals surface area contributed by atoms with Crippen molar-refractivity contribution in [1.29, 1.82) is 0 Å². The average Bonchev–Trinajstić information content (AvgIpc) is 2.93. The Hall–Kier alpha value is -1.98. The molecule has 0 fully saturated rings. The molecular weight excluding hydrogens is 332 g/mol. The molecule has 0 aliphatic carbocycles. The first-order valence-corrected chi connectivity index (χ1v) is 8.52. The molecule has 1 aromatic heterocycles. The molecule has 1 heterocycles. The lowest BCUT2D eigenvalue weighted by molar-refractivity contribution is -0.115. The molecule has 3 aromatic rings. The Morgan fingerprint density at radius 2 is 2.13 bits per heavy atom. The SMILES string of the molecule is Cc1ccc(NC(=O)CCSc2nc3ccccc3o2)cc1Cl. The molecule has 0 saturated heterocycles. The van der Waals surface area contributed by atoms with Crippen LogP contribution in [0, 0.1) is 6.92 Å². The molecule has 3 rings (SSSR count). The van der Waals surface area contributed by atoms with E-state index in [0.29, 0.717) is 28.1 Å². The van der Waals surface area contributed by atoms with Crippen molar-refractivity contribution in [2.24, 2.45) is 0 Å². The maximum Gasteiger partial charge on any atom is 0.256 e. The Balaban J connectivity index is 1.51. The van der Waals surface area contributed by atoms with Crippen molar-refractivity contribution in [2.45, 2.75) is 18.6 Å². The fourth-order valence-corrected chi connectivity index (χ4v) is 2.99. The van der Waals surface area contributed by atoms with Crippen LogP contribution in [0.1, 0.15) is 12.0 Å². The van der Waals surface area contributed by atoms with Crippen molar-refractivity contribution < 1.29 is 9.21 Å². The van der Waals surface area contributed by atoms with Crippen molar-refractivity contribution in [3.05, 3.63) is 53.1 Å². The van der Waals surface area contributed by atoms with E-state index >= 15 is 0 Å². The van der Waals surface area contributed by atoms with Crippen LogP contribution in [0.2, 0.25) is 5.02 Å². The number of aromatic nitrogens is 1. The Bertz CT molecular complexity index is 814. The lowest BCUT2D eigenvalue weighted by atomic mass is 10.2. The standard InChI is InChI=1S/C17H15ClN2O2S/c1-11-6-7-12(10-13(11)18)19-16(21)8-9-23-17-20-14-4-2-3-5-15(14)22-17/h2-7,10H,8-9H2,1H3,(H,19,21). The van der Waals surface area contributed by atoms with Crippen LogP contribution < -0.4 is 5.32 Å². The summed E-state index contributed by atoms with van der Waals surface area (Å²) in [4.78, 5) is 16.3. The number of amides is 1. The molecule has 0 radical (unpaired) electrons. The van der Waals surface area contributed by atoms with Gasteiger partial charge in [0, 0.05) is 22.9 Å². The lowest BCUT2D eigenvalue weighted by Crippen LogP contribution is -2.12. The molecule has 0 spiro atoms. The molecule has 1 N–H and O–H groups in total. The summed E-state index contributed by atoms with van der Waals surface area (Å²) >= 11 is 7.47. The van der Waals surface area contributed by atoms with Gasteiger partial charge in [-0.2, -0.15) is 0 Å². The van der Waals surface area contributed by atoms with E-state index in [4.69, 9.17) is 16.0 Å². The zero-order valence-corrected chi connectivity index (χ0v) is 14.1. The maximum atomic E-state index is 12.0. The normalized spacial score (nSPS) is 10.9. The van der Waals surface area contributed by atoms with Crippen LogP contribution in [-0.4, -0.2) is 16.6 Å². The topological polar surface area (TPSA) is 55.1 Å². The van der Waals surface area contributed by atoms with E-state index in [9.17, 15) is 4.79 Å². The highest BCUT2D eigenvalue weighted by molar-refractivity contribution is 7.99. The number of halogens is 1. The molecule has 0 saturated carbocycles. The second kappa shape index (κ2) is 7.06. The molecule has 6 heteroatoms. The van der Waals surface area contributed by atoms with Crippen LogP contribution in [0.25, 0.3) is 11.1 Å². The van der Waals surface area contributed by atoms with Gasteiger partial charge in [-0.15, -0.1) is 0 Å². The molecule has 23 heavy (non-hydrogen) atoms. The van der Waals surface area contributed by atoms with Crippen LogP contribution in [-0.2, 0) is 4.79 Å². The first kappa shape index (κ1) is 15.9. The van der Waals surface area contributed by atoms with E-state index < -0.39 is 0 Å². The van der Waals surface area contributed by atoms with E-state index in [1.54, 1.807) is 6.07 Å². The highest BCUT2D eigenvalue weighted by atomic mass is 35.5. The van der Waals surface area contributed by atoms with Crippen LogP contribution in [0.15, 0.2) is 52.1 Å². The van der Waals surface area contributed by atoms with Crippen LogP contribution >= 0.6 is 23.4 Å². The summed E-state index contributed by atoms with van der Waals surface area (Å²) in [5.74, 6) is 0.534. The van der Waals surface area contributed by atoms with Crippen molar-refractivity contribution in [1.82, 2.24) is 4.98 Å². The van der Waals surface area contributed by atoms with Gasteiger partial charge < -0.3 is 9.73 Å². The van der Waals surface area contributed by atoms with Crippen molar-refractivity contribution >= 4 is 46.1 Å². The van der Waals surface area contributed by atoms with Gasteiger partial charge in [-0.1, -0.05) is 41.6 Å². The van der Waals surface area contributed by atoms with Gasteiger partial charge in [0.15, 0.2) is 5.58 Å². The monoisotopic (exact) mass is 346 g/mol. The third-order valence-electron chi connectivity index (χ3n) is 3.28. The summed E-state index contributed by atoms with van der Waals surface area (Å²) in [6.45, 7) is 1.92. The molecule has 0 atom stereocenters.